The predicted octanol–water partition coefficient (Wildman–Crippen LogP) is 3.24. The minimum atomic E-state index is 0.0256. The van der Waals surface area contributed by atoms with Crippen LogP contribution in [0.4, 0.5) is 5.82 Å². The smallest absolute Gasteiger partial charge is 0.130 e. The highest BCUT2D eigenvalue weighted by molar-refractivity contribution is 5.76. The van der Waals surface area contributed by atoms with Crippen LogP contribution < -0.4 is 11.1 Å². The summed E-state index contributed by atoms with van der Waals surface area (Å²) < 4.78 is 0. The number of hydrogen-bond acceptors (Lipinski definition) is 5. The van der Waals surface area contributed by atoms with Crippen molar-refractivity contribution >= 4 is 16.9 Å². The lowest BCUT2D eigenvalue weighted by atomic mass is 10.0. The van der Waals surface area contributed by atoms with E-state index in [0.717, 1.165) is 28.4 Å². The van der Waals surface area contributed by atoms with Gasteiger partial charge in [0, 0.05) is 12.6 Å². The topological polar surface area (TPSA) is 92.5 Å². The third-order valence-electron chi connectivity index (χ3n) is 4.02. The van der Waals surface area contributed by atoms with Crippen molar-refractivity contribution < 1.29 is 0 Å². The van der Waals surface area contributed by atoms with E-state index >= 15 is 0 Å². The summed E-state index contributed by atoms with van der Waals surface area (Å²) in [5, 5.41) is 3.49. The Bertz CT molecular complexity index is 852. The zero-order valence-electron chi connectivity index (χ0n) is 14.6. The van der Waals surface area contributed by atoms with Gasteiger partial charge < -0.3 is 16.0 Å². The van der Waals surface area contributed by atoms with Gasteiger partial charge in [0.2, 0.25) is 0 Å². The molecule has 0 bridgehead atoms. The number of nitrogens with one attached hydrogen (secondary N) is 2. The number of nitrogens with zero attached hydrogens (tertiary/aromatic N) is 3. The maximum absolute atomic E-state index is 5.72. The van der Waals surface area contributed by atoms with Gasteiger partial charge in [-0.3, -0.25) is 0 Å². The molecule has 4 N–H and O–H groups in total. The van der Waals surface area contributed by atoms with Gasteiger partial charge in [0.1, 0.15) is 17.5 Å². The molecule has 0 saturated carbocycles. The van der Waals surface area contributed by atoms with Crippen LogP contribution in [0.3, 0.4) is 0 Å². The summed E-state index contributed by atoms with van der Waals surface area (Å²) in [7, 11) is 0. The molecule has 0 saturated heterocycles. The molecule has 1 atom stereocenters. The molecule has 6 nitrogen and oxygen atoms in total. The van der Waals surface area contributed by atoms with Crippen molar-refractivity contribution in [2.75, 3.05) is 5.32 Å². The molecule has 126 valence electrons. The number of H-pyrrole nitrogens is 1. The van der Waals surface area contributed by atoms with Gasteiger partial charge in [-0.1, -0.05) is 19.9 Å². The van der Waals surface area contributed by atoms with E-state index in [1.165, 1.54) is 5.56 Å². The average Bonchev–Trinajstić information content (AvgIpc) is 2.94. The first-order chi connectivity index (χ1) is 11.5. The van der Waals surface area contributed by atoms with Gasteiger partial charge in [0.15, 0.2) is 0 Å². The van der Waals surface area contributed by atoms with E-state index in [0.29, 0.717) is 18.3 Å². The summed E-state index contributed by atoms with van der Waals surface area (Å²) in [6.07, 6.45) is 0. The van der Waals surface area contributed by atoms with E-state index in [2.05, 4.69) is 53.2 Å². The minimum Gasteiger partial charge on any atom is -0.360 e. The lowest BCUT2D eigenvalue weighted by Gasteiger charge is -2.21. The normalized spacial score (nSPS) is 12.8. The third kappa shape index (κ3) is 3.38. The standard InChI is InChI=1S/C18H24N6/c1-10(2)17(24-16-8-13(9-19)20-12(4)21-16)18-22-14-6-5-11(3)7-15(14)23-18/h5-8,10,17H,9,19H2,1-4H3,(H,22,23)(H,20,21,24)/t17-/m0/s1. The Labute approximate surface area is 141 Å². The van der Waals surface area contributed by atoms with Crippen LogP contribution in [0.5, 0.6) is 0 Å². The summed E-state index contributed by atoms with van der Waals surface area (Å²) in [4.78, 5) is 17.0. The molecule has 0 aliphatic rings. The number of rotatable bonds is 5. The third-order valence-corrected chi connectivity index (χ3v) is 4.02. The van der Waals surface area contributed by atoms with Crippen LogP contribution in [0.2, 0.25) is 0 Å². The van der Waals surface area contributed by atoms with E-state index in [1.54, 1.807) is 0 Å². The maximum Gasteiger partial charge on any atom is 0.130 e. The van der Waals surface area contributed by atoms with Crippen molar-refractivity contribution in [1.82, 2.24) is 19.9 Å². The fraction of sp³-hybridized carbons (Fsp3) is 0.389. The SMILES string of the molecule is Cc1ccc2nc([C@@H](Nc3cc(CN)nc(C)n3)C(C)C)[nH]c2c1. The predicted molar refractivity (Wildman–Crippen MR) is 96.7 cm³/mol. The van der Waals surface area contributed by atoms with Crippen molar-refractivity contribution in [1.29, 1.82) is 0 Å². The van der Waals surface area contributed by atoms with Crippen LogP contribution in [-0.2, 0) is 6.54 Å². The first-order valence-electron chi connectivity index (χ1n) is 8.23. The van der Waals surface area contributed by atoms with Gasteiger partial charge in [-0.05, 0) is 37.5 Å². The van der Waals surface area contributed by atoms with Crippen molar-refractivity contribution in [3.8, 4) is 0 Å². The molecular weight excluding hydrogens is 300 g/mol. The summed E-state index contributed by atoms with van der Waals surface area (Å²) in [6, 6.07) is 8.16. The Morgan fingerprint density at radius 2 is 1.92 bits per heavy atom. The number of benzene rings is 1. The molecule has 0 aliphatic carbocycles. The number of nitrogens with two attached hydrogens (primary N) is 1. The molecule has 24 heavy (non-hydrogen) atoms. The number of aryl methyl sites for hydroxylation is 2. The summed E-state index contributed by atoms with van der Waals surface area (Å²) in [6.45, 7) is 8.67. The Kier molecular flexibility index (Phi) is 4.49. The Hall–Kier alpha value is -2.47. The van der Waals surface area contributed by atoms with E-state index < -0.39 is 0 Å². The quantitative estimate of drug-likeness (QED) is 0.670. The lowest BCUT2D eigenvalue weighted by molar-refractivity contribution is 0.525. The molecule has 0 spiro atoms. The highest BCUT2D eigenvalue weighted by Gasteiger charge is 2.20. The zero-order valence-corrected chi connectivity index (χ0v) is 14.6. The summed E-state index contributed by atoms with van der Waals surface area (Å²) in [5.74, 6) is 2.74. The molecule has 0 amide bonds. The first kappa shape index (κ1) is 16.4. The van der Waals surface area contributed by atoms with Crippen molar-refractivity contribution in [3.63, 3.8) is 0 Å². The molecule has 3 aromatic rings. The van der Waals surface area contributed by atoms with E-state index in [9.17, 15) is 0 Å². The molecule has 0 radical (unpaired) electrons. The second-order valence-corrected chi connectivity index (χ2v) is 6.50. The molecule has 6 heteroatoms. The number of fused-ring (bicyclic) bond motifs is 1. The largest absolute Gasteiger partial charge is 0.360 e. The highest BCUT2D eigenvalue weighted by atomic mass is 15.1. The maximum atomic E-state index is 5.72. The Morgan fingerprint density at radius 3 is 2.62 bits per heavy atom. The lowest BCUT2D eigenvalue weighted by Crippen LogP contribution is -2.19. The molecule has 0 fully saturated rings. The van der Waals surface area contributed by atoms with Crippen LogP contribution in [0.15, 0.2) is 24.3 Å². The van der Waals surface area contributed by atoms with E-state index in [1.807, 2.05) is 19.1 Å². The van der Waals surface area contributed by atoms with Gasteiger partial charge in [-0.25, -0.2) is 15.0 Å². The summed E-state index contributed by atoms with van der Waals surface area (Å²) >= 11 is 0. The number of aromatic nitrogens is 4. The molecule has 3 rings (SSSR count). The van der Waals surface area contributed by atoms with Crippen LogP contribution in [0.1, 0.15) is 42.8 Å². The number of anilines is 1. The molecule has 1 aromatic carbocycles. The van der Waals surface area contributed by atoms with Crippen LogP contribution in [0.25, 0.3) is 11.0 Å². The van der Waals surface area contributed by atoms with Gasteiger partial charge in [-0.15, -0.1) is 0 Å². The van der Waals surface area contributed by atoms with Crippen LogP contribution in [-0.4, -0.2) is 19.9 Å². The van der Waals surface area contributed by atoms with Gasteiger partial charge in [0.05, 0.1) is 22.8 Å². The Morgan fingerprint density at radius 1 is 1.12 bits per heavy atom. The second-order valence-electron chi connectivity index (χ2n) is 6.50. The minimum absolute atomic E-state index is 0.0256. The first-order valence-corrected chi connectivity index (χ1v) is 8.23. The zero-order chi connectivity index (χ0) is 17.3. The summed E-state index contributed by atoms with van der Waals surface area (Å²) in [5.41, 5.74) is 9.79. The molecule has 2 aromatic heterocycles. The van der Waals surface area contributed by atoms with E-state index in [4.69, 9.17) is 10.7 Å². The van der Waals surface area contributed by atoms with Crippen molar-refractivity contribution in [3.05, 3.63) is 47.2 Å². The number of aromatic amines is 1. The Balaban J connectivity index is 1.95. The van der Waals surface area contributed by atoms with E-state index in [-0.39, 0.29) is 6.04 Å². The van der Waals surface area contributed by atoms with Gasteiger partial charge in [-0.2, -0.15) is 0 Å². The molecule has 0 unspecified atom stereocenters. The van der Waals surface area contributed by atoms with Gasteiger partial charge >= 0.3 is 0 Å². The molecule has 0 aliphatic heterocycles. The second kappa shape index (κ2) is 6.57. The fourth-order valence-electron chi connectivity index (χ4n) is 2.81. The van der Waals surface area contributed by atoms with Crippen LogP contribution in [0, 0.1) is 19.8 Å². The average molecular weight is 324 g/mol. The van der Waals surface area contributed by atoms with Crippen LogP contribution >= 0.6 is 0 Å². The molecular formula is C18H24N6. The van der Waals surface area contributed by atoms with Gasteiger partial charge in [0.25, 0.3) is 0 Å². The highest BCUT2D eigenvalue weighted by Crippen LogP contribution is 2.26. The number of hydrogen-bond donors (Lipinski definition) is 3. The van der Waals surface area contributed by atoms with Crippen molar-refractivity contribution in [2.45, 2.75) is 40.3 Å². The van der Waals surface area contributed by atoms with Crippen molar-refractivity contribution in [2.24, 2.45) is 11.7 Å². The monoisotopic (exact) mass is 324 g/mol. The number of imidazole rings is 1. The molecule has 2 heterocycles. The fourth-order valence-corrected chi connectivity index (χ4v) is 2.81.